The molecule has 0 bridgehead atoms. The lowest BCUT2D eigenvalue weighted by Crippen LogP contribution is -2.10. The summed E-state index contributed by atoms with van der Waals surface area (Å²) in [5.74, 6) is 0.282. The van der Waals surface area contributed by atoms with Crippen molar-refractivity contribution in [2.75, 3.05) is 6.79 Å². The predicted molar refractivity (Wildman–Crippen MR) is 131 cm³/mol. The quantitative estimate of drug-likeness (QED) is 0.218. The highest BCUT2D eigenvalue weighted by atomic mass is 79.9. The standard InChI is InChI=1S/C25H15Br2NO6/c1-13-3-2-4-14(7-13)23-28-19(25(30)34-23)9-16-8-17(26)11-18(27)22(16)33-24(29)15-5-6-20-21(10-15)32-12-31-20/h2-11H,12H2,1H3/b19-9-. The maximum Gasteiger partial charge on any atom is 0.363 e. The number of fused-ring (bicyclic) bond motifs is 1. The first kappa shape index (κ1) is 22.4. The summed E-state index contributed by atoms with van der Waals surface area (Å²) in [4.78, 5) is 29.8. The van der Waals surface area contributed by atoms with Crippen molar-refractivity contribution in [2.24, 2.45) is 4.99 Å². The van der Waals surface area contributed by atoms with Crippen molar-refractivity contribution in [2.45, 2.75) is 6.92 Å². The molecule has 3 aromatic carbocycles. The number of benzene rings is 3. The van der Waals surface area contributed by atoms with Gasteiger partial charge in [-0.15, -0.1) is 0 Å². The Morgan fingerprint density at radius 1 is 1.06 bits per heavy atom. The molecule has 9 heteroatoms. The van der Waals surface area contributed by atoms with Gasteiger partial charge in [0.25, 0.3) is 0 Å². The Balaban J connectivity index is 1.48. The van der Waals surface area contributed by atoms with E-state index in [9.17, 15) is 9.59 Å². The van der Waals surface area contributed by atoms with Crippen LogP contribution in [0.15, 0.2) is 74.2 Å². The van der Waals surface area contributed by atoms with Crippen molar-refractivity contribution < 1.29 is 28.5 Å². The van der Waals surface area contributed by atoms with Gasteiger partial charge in [-0.25, -0.2) is 14.6 Å². The summed E-state index contributed by atoms with van der Waals surface area (Å²) in [5.41, 5.74) is 2.54. The number of ether oxygens (including phenoxy) is 4. The Morgan fingerprint density at radius 3 is 2.71 bits per heavy atom. The van der Waals surface area contributed by atoms with Gasteiger partial charge in [0.05, 0.1) is 10.0 Å². The van der Waals surface area contributed by atoms with Crippen LogP contribution in [0.2, 0.25) is 0 Å². The number of hydrogen-bond donors (Lipinski definition) is 0. The van der Waals surface area contributed by atoms with Crippen molar-refractivity contribution in [1.82, 2.24) is 0 Å². The van der Waals surface area contributed by atoms with Gasteiger partial charge in [0.1, 0.15) is 0 Å². The van der Waals surface area contributed by atoms with Crippen LogP contribution in [0, 0.1) is 6.92 Å². The molecule has 0 unspecified atom stereocenters. The average molecular weight is 585 g/mol. The Hall–Kier alpha value is -3.43. The van der Waals surface area contributed by atoms with E-state index in [1.54, 1.807) is 30.3 Å². The molecule has 0 fully saturated rings. The molecule has 2 aliphatic heterocycles. The first-order chi connectivity index (χ1) is 16.4. The third kappa shape index (κ3) is 4.49. The van der Waals surface area contributed by atoms with Crippen LogP contribution < -0.4 is 14.2 Å². The largest absolute Gasteiger partial charge is 0.454 e. The molecule has 0 spiro atoms. The molecule has 3 aromatic rings. The Bertz CT molecular complexity index is 1410. The van der Waals surface area contributed by atoms with Crippen LogP contribution in [0.5, 0.6) is 17.2 Å². The molecule has 0 radical (unpaired) electrons. The SMILES string of the molecule is Cc1cccc(C2=N/C(=C\c3cc(Br)cc(Br)c3OC(=O)c3ccc4c(c3)OCO4)C(=O)O2)c1. The number of aliphatic imine (C=N–C) groups is 1. The van der Waals surface area contributed by atoms with Crippen molar-refractivity contribution in [3.63, 3.8) is 0 Å². The van der Waals surface area contributed by atoms with Crippen LogP contribution in [0.4, 0.5) is 0 Å². The van der Waals surface area contributed by atoms with E-state index in [4.69, 9.17) is 18.9 Å². The third-order valence-electron chi connectivity index (χ3n) is 5.02. The molecular weight excluding hydrogens is 570 g/mol. The van der Waals surface area contributed by atoms with Crippen molar-refractivity contribution in [3.05, 3.63) is 91.5 Å². The molecular formula is C25H15Br2NO6. The third-order valence-corrected chi connectivity index (χ3v) is 6.06. The van der Waals surface area contributed by atoms with E-state index in [-0.39, 0.29) is 29.7 Å². The van der Waals surface area contributed by atoms with Crippen LogP contribution in [-0.4, -0.2) is 24.6 Å². The summed E-state index contributed by atoms with van der Waals surface area (Å²) in [6, 6.07) is 15.7. The molecule has 0 amide bonds. The fourth-order valence-electron chi connectivity index (χ4n) is 3.43. The maximum absolute atomic E-state index is 12.9. The Kier molecular flexibility index (Phi) is 5.97. The van der Waals surface area contributed by atoms with Crippen LogP contribution in [0.1, 0.15) is 27.0 Å². The Morgan fingerprint density at radius 2 is 1.88 bits per heavy atom. The second-order valence-corrected chi connectivity index (χ2v) is 9.24. The number of esters is 2. The van der Waals surface area contributed by atoms with Gasteiger partial charge in [-0.1, -0.05) is 33.6 Å². The van der Waals surface area contributed by atoms with Gasteiger partial charge >= 0.3 is 11.9 Å². The van der Waals surface area contributed by atoms with E-state index in [1.807, 2.05) is 31.2 Å². The molecule has 0 aromatic heterocycles. The van der Waals surface area contributed by atoms with Crippen molar-refractivity contribution >= 4 is 55.8 Å². The number of aryl methyl sites for hydroxylation is 1. The lowest BCUT2D eigenvalue weighted by molar-refractivity contribution is -0.129. The monoisotopic (exact) mass is 583 g/mol. The number of halogens is 2. The number of cyclic esters (lactones) is 1. The fraction of sp³-hybridized carbons (Fsp3) is 0.0800. The fourth-order valence-corrected chi connectivity index (χ4v) is 4.77. The van der Waals surface area contributed by atoms with Crippen molar-refractivity contribution in [1.29, 1.82) is 0 Å². The summed E-state index contributed by atoms with van der Waals surface area (Å²) in [6.07, 6.45) is 1.52. The van der Waals surface area contributed by atoms with E-state index >= 15 is 0 Å². The number of rotatable bonds is 4. The van der Waals surface area contributed by atoms with Gasteiger partial charge in [-0.2, -0.15) is 0 Å². The first-order valence-corrected chi connectivity index (χ1v) is 11.7. The van der Waals surface area contributed by atoms with Crippen molar-refractivity contribution in [3.8, 4) is 17.2 Å². The molecule has 2 aliphatic rings. The van der Waals surface area contributed by atoms with Gasteiger partial charge in [0.2, 0.25) is 12.7 Å². The molecule has 34 heavy (non-hydrogen) atoms. The van der Waals surface area contributed by atoms with E-state index in [0.29, 0.717) is 31.6 Å². The van der Waals surface area contributed by atoms with Gasteiger partial charge in [0.15, 0.2) is 22.9 Å². The molecule has 170 valence electrons. The highest BCUT2D eigenvalue weighted by molar-refractivity contribution is 9.11. The summed E-state index contributed by atoms with van der Waals surface area (Å²) in [7, 11) is 0. The maximum atomic E-state index is 12.9. The highest BCUT2D eigenvalue weighted by Gasteiger charge is 2.26. The number of hydrogen-bond acceptors (Lipinski definition) is 7. The van der Waals surface area contributed by atoms with Gasteiger partial charge in [-0.05, 0) is 71.4 Å². The van der Waals surface area contributed by atoms with Gasteiger partial charge in [0, 0.05) is 15.6 Å². The molecule has 2 heterocycles. The van der Waals surface area contributed by atoms with Crippen LogP contribution >= 0.6 is 31.9 Å². The number of carbonyl (C=O) groups is 2. The van der Waals surface area contributed by atoms with Gasteiger partial charge in [-0.3, -0.25) is 0 Å². The average Bonchev–Trinajstić information content (AvgIpc) is 3.42. The zero-order valence-electron chi connectivity index (χ0n) is 17.6. The lowest BCUT2D eigenvalue weighted by Gasteiger charge is -2.11. The topological polar surface area (TPSA) is 83.4 Å². The van der Waals surface area contributed by atoms with E-state index in [2.05, 4.69) is 36.9 Å². The highest BCUT2D eigenvalue weighted by Crippen LogP contribution is 2.37. The zero-order chi connectivity index (χ0) is 23.8. The smallest absolute Gasteiger partial charge is 0.363 e. The summed E-state index contributed by atoms with van der Waals surface area (Å²) < 4.78 is 22.9. The molecule has 0 atom stereocenters. The van der Waals surface area contributed by atoms with E-state index < -0.39 is 11.9 Å². The number of carbonyl (C=O) groups excluding carboxylic acids is 2. The molecule has 0 aliphatic carbocycles. The minimum atomic E-state index is -0.598. The molecule has 5 rings (SSSR count). The van der Waals surface area contributed by atoms with Crippen LogP contribution in [0.25, 0.3) is 6.08 Å². The molecule has 7 nitrogen and oxygen atoms in total. The minimum Gasteiger partial charge on any atom is -0.454 e. The normalized spacial score (nSPS) is 15.3. The summed E-state index contributed by atoms with van der Waals surface area (Å²) in [6.45, 7) is 2.04. The van der Waals surface area contributed by atoms with E-state index in [0.717, 1.165) is 5.56 Å². The summed E-state index contributed by atoms with van der Waals surface area (Å²) in [5, 5.41) is 0. The zero-order valence-corrected chi connectivity index (χ0v) is 20.8. The van der Waals surface area contributed by atoms with Crippen LogP contribution in [-0.2, 0) is 9.53 Å². The molecule has 0 saturated heterocycles. The molecule has 0 N–H and O–H groups in total. The molecule has 0 saturated carbocycles. The second-order valence-electron chi connectivity index (χ2n) is 7.47. The van der Waals surface area contributed by atoms with Crippen LogP contribution in [0.3, 0.4) is 0 Å². The Labute approximate surface area is 211 Å². The van der Waals surface area contributed by atoms with Gasteiger partial charge < -0.3 is 18.9 Å². The van der Waals surface area contributed by atoms with E-state index in [1.165, 1.54) is 6.08 Å². The first-order valence-electron chi connectivity index (χ1n) is 10.1. The summed E-state index contributed by atoms with van der Waals surface area (Å²) >= 11 is 6.87. The predicted octanol–water partition coefficient (Wildman–Crippen LogP) is 5.81. The number of nitrogens with zero attached hydrogens (tertiary/aromatic N) is 1. The lowest BCUT2D eigenvalue weighted by atomic mass is 10.1. The second kappa shape index (κ2) is 9.08. The minimum absolute atomic E-state index is 0.0851.